The van der Waals surface area contributed by atoms with Crippen molar-refractivity contribution in [3.05, 3.63) is 58.8 Å². The fraction of sp³-hybridized carbons (Fsp3) is 0.133. The van der Waals surface area contributed by atoms with Crippen LogP contribution in [0, 0.1) is 13.8 Å². The Balaban J connectivity index is 2.22. The van der Waals surface area contributed by atoms with E-state index in [0.29, 0.717) is 16.9 Å². The smallest absolute Gasteiger partial charge is 0.257 e. The van der Waals surface area contributed by atoms with Gasteiger partial charge in [-0.1, -0.05) is 18.2 Å². The van der Waals surface area contributed by atoms with Crippen LogP contribution in [0.25, 0.3) is 0 Å². The molecule has 0 saturated heterocycles. The van der Waals surface area contributed by atoms with Crippen molar-refractivity contribution in [2.75, 3.05) is 5.32 Å². The molecule has 0 aliphatic carbocycles. The van der Waals surface area contributed by atoms with E-state index in [4.69, 9.17) is 0 Å². The first-order chi connectivity index (χ1) is 9.11. The standard InChI is InChI=1S/C15H14N2O2/c1-10-5-3-4-6-13(10)15(19)17-14-7-11(2)12(9-18)8-16-14/h3-9H,1-2H3,(H,16,17,19). The summed E-state index contributed by atoms with van der Waals surface area (Å²) in [5.74, 6) is 0.236. The summed E-state index contributed by atoms with van der Waals surface area (Å²) in [6.45, 7) is 3.68. The van der Waals surface area contributed by atoms with Crippen LogP contribution in [0.2, 0.25) is 0 Å². The summed E-state index contributed by atoms with van der Waals surface area (Å²) < 4.78 is 0. The molecule has 0 spiro atoms. The molecular formula is C15H14N2O2. The van der Waals surface area contributed by atoms with Gasteiger partial charge in [-0.25, -0.2) is 4.98 Å². The Morgan fingerprint density at radius 2 is 1.95 bits per heavy atom. The third-order valence-corrected chi connectivity index (χ3v) is 2.91. The Kier molecular flexibility index (Phi) is 3.71. The third kappa shape index (κ3) is 2.85. The van der Waals surface area contributed by atoms with Gasteiger partial charge < -0.3 is 5.32 Å². The van der Waals surface area contributed by atoms with Crippen molar-refractivity contribution < 1.29 is 9.59 Å². The van der Waals surface area contributed by atoms with E-state index in [1.165, 1.54) is 6.20 Å². The molecule has 1 aromatic carbocycles. The molecule has 0 radical (unpaired) electrons. The van der Waals surface area contributed by atoms with Crippen LogP contribution in [0.1, 0.15) is 31.8 Å². The average molecular weight is 254 g/mol. The summed E-state index contributed by atoms with van der Waals surface area (Å²) in [6, 6.07) is 9.02. The maximum absolute atomic E-state index is 12.1. The normalized spacial score (nSPS) is 10.0. The van der Waals surface area contributed by atoms with Crippen molar-refractivity contribution >= 4 is 18.0 Å². The van der Waals surface area contributed by atoms with E-state index in [0.717, 1.165) is 17.4 Å². The molecule has 0 unspecified atom stereocenters. The number of carbonyl (C=O) groups excluding carboxylic acids is 2. The number of aromatic nitrogens is 1. The predicted octanol–water partition coefficient (Wildman–Crippen LogP) is 2.76. The van der Waals surface area contributed by atoms with E-state index in [2.05, 4.69) is 10.3 Å². The Labute approximate surface area is 111 Å². The highest BCUT2D eigenvalue weighted by molar-refractivity contribution is 6.04. The maximum atomic E-state index is 12.1. The molecule has 2 rings (SSSR count). The summed E-state index contributed by atoms with van der Waals surface area (Å²) in [6.07, 6.45) is 2.20. The van der Waals surface area contributed by atoms with Crippen LogP contribution in [0.5, 0.6) is 0 Å². The molecule has 0 aliphatic rings. The van der Waals surface area contributed by atoms with Gasteiger partial charge in [0.25, 0.3) is 5.91 Å². The summed E-state index contributed by atoms with van der Waals surface area (Å²) in [5.41, 5.74) is 2.82. The first-order valence-corrected chi connectivity index (χ1v) is 5.90. The quantitative estimate of drug-likeness (QED) is 0.857. The fourth-order valence-electron chi connectivity index (χ4n) is 1.77. The summed E-state index contributed by atoms with van der Waals surface area (Å²) in [5, 5.41) is 2.73. The number of anilines is 1. The van der Waals surface area contributed by atoms with Crippen LogP contribution in [0.3, 0.4) is 0 Å². The Bertz CT molecular complexity index is 636. The van der Waals surface area contributed by atoms with E-state index in [1.807, 2.05) is 25.1 Å². The minimum atomic E-state index is -0.205. The molecule has 0 fully saturated rings. The number of carbonyl (C=O) groups is 2. The Morgan fingerprint density at radius 1 is 1.21 bits per heavy atom. The minimum absolute atomic E-state index is 0.205. The van der Waals surface area contributed by atoms with Crippen molar-refractivity contribution in [2.45, 2.75) is 13.8 Å². The van der Waals surface area contributed by atoms with Gasteiger partial charge in [-0.05, 0) is 37.1 Å². The van der Waals surface area contributed by atoms with Crippen LogP contribution in [0.15, 0.2) is 36.5 Å². The molecule has 96 valence electrons. The number of pyridine rings is 1. The number of benzene rings is 1. The molecule has 0 atom stereocenters. The molecule has 2 aromatic rings. The van der Waals surface area contributed by atoms with Crippen LogP contribution in [-0.4, -0.2) is 17.2 Å². The molecule has 0 saturated carbocycles. The van der Waals surface area contributed by atoms with Crippen LogP contribution < -0.4 is 5.32 Å². The van der Waals surface area contributed by atoms with E-state index in [9.17, 15) is 9.59 Å². The van der Waals surface area contributed by atoms with Crippen LogP contribution in [0.4, 0.5) is 5.82 Å². The third-order valence-electron chi connectivity index (χ3n) is 2.91. The number of rotatable bonds is 3. The van der Waals surface area contributed by atoms with Crippen LogP contribution in [-0.2, 0) is 0 Å². The second-order valence-corrected chi connectivity index (χ2v) is 4.31. The topological polar surface area (TPSA) is 59.1 Å². The number of amides is 1. The van der Waals surface area contributed by atoms with E-state index in [1.54, 1.807) is 19.1 Å². The van der Waals surface area contributed by atoms with Crippen molar-refractivity contribution in [3.8, 4) is 0 Å². The second-order valence-electron chi connectivity index (χ2n) is 4.31. The highest BCUT2D eigenvalue weighted by Crippen LogP contribution is 2.13. The van der Waals surface area contributed by atoms with Crippen molar-refractivity contribution in [2.24, 2.45) is 0 Å². The van der Waals surface area contributed by atoms with Gasteiger partial charge in [0.1, 0.15) is 5.82 Å². The summed E-state index contributed by atoms with van der Waals surface area (Å²) >= 11 is 0. The highest BCUT2D eigenvalue weighted by atomic mass is 16.1. The van der Waals surface area contributed by atoms with Gasteiger partial charge in [-0.2, -0.15) is 0 Å². The number of aldehydes is 1. The maximum Gasteiger partial charge on any atom is 0.257 e. The van der Waals surface area contributed by atoms with Gasteiger partial charge in [-0.15, -0.1) is 0 Å². The number of nitrogens with one attached hydrogen (secondary N) is 1. The zero-order chi connectivity index (χ0) is 13.8. The lowest BCUT2D eigenvalue weighted by atomic mass is 10.1. The molecule has 0 aliphatic heterocycles. The molecule has 4 heteroatoms. The SMILES string of the molecule is Cc1cc(NC(=O)c2ccccc2C)ncc1C=O. The first-order valence-electron chi connectivity index (χ1n) is 5.90. The lowest BCUT2D eigenvalue weighted by Gasteiger charge is -2.08. The number of aryl methyl sites for hydroxylation is 2. The second kappa shape index (κ2) is 5.44. The summed E-state index contributed by atoms with van der Waals surface area (Å²) in [7, 11) is 0. The average Bonchev–Trinajstić information content (AvgIpc) is 2.39. The zero-order valence-corrected chi connectivity index (χ0v) is 10.8. The zero-order valence-electron chi connectivity index (χ0n) is 10.8. The van der Waals surface area contributed by atoms with Gasteiger partial charge in [-0.3, -0.25) is 9.59 Å². The van der Waals surface area contributed by atoms with Gasteiger partial charge in [0.05, 0.1) is 0 Å². The van der Waals surface area contributed by atoms with E-state index < -0.39 is 0 Å². The molecule has 1 amide bonds. The van der Waals surface area contributed by atoms with E-state index in [-0.39, 0.29) is 5.91 Å². The van der Waals surface area contributed by atoms with Crippen molar-refractivity contribution in [1.29, 1.82) is 0 Å². The minimum Gasteiger partial charge on any atom is -0.307 e. The van der Waals surface area contributed by atoms with Gasteiger partial charge in [0.15, 0.2) is 6.29 Å². The molecule has 0 bridgehead atoms. The Hall–Kier alpha value is -2.49. The predicted molar refractivity (Wildman–Crippen MR) is 73.5 cm³/mol. The highest BCUT2D eigenvalue weighted by Gasteiger charge is 2.09. The van der Waals surface area contributed by atoms with Crippen molar-refractivity contribution in [1.82, 2.24) is 4.98 Å². The monoisotopic (exact) mass is 254 g/mol. The molecule has 1 N–H and O–H groups in total. The van der Waals surface area contributed by atoms with Gasteiger partial charge in [0, 0.05) is 17.3 Å². The molecular weight excluding hydrogens is 240 g/mol. The van der Waals surface area contributed by atoms with Gasteiger partial charge >= 0.3 is 0 Å². The van der Waals surface area contributed by atoms with Gasteiger partial charge in [0.2, 0.25) is 0 Å². The number of hydrogen-bond acceptors (Lipinski definition) is 3. The molecule has 4 nitrogen and oxygen atoms in total. The lowest BCUT2D eigenvalue weighted by molar-refractivity contribution is 0.102. The molecule has 1 heterocycles. The first kappa shape index (κ1) is 13.0. The fourth-order valence-corrected chi connectivity index (χ4v) is 1.77. The largest absolute Gasteiger partial charge is 0.307 e. The van der Waals surface area contributed by atoms with Crippen molar-refractivity contribution in [3.63, 3.8) is 0 Å². The van der Waals surface area contributed by atoms with Crippen LogP contribution >= 0.6 is 0 Å². The lowest BCUT2D eigenvalue weighted by Crippen LogP contribution is -2.14. The molecule has 1 aromatic heterocycles. The van der Waals surface area contributed by atoms with E-state index >= 15 is 0 Å². The Morgan fingerprint density at radius 3 is 2.58 bits per heavy atom. The number of hydrogen-bond donors (Lipinski definition) is 1. The number of nitrogens with zero attached hydrogens (tertiary/aromatic N) is 1. The molecule has 19 heavy (non-hydrogen) atoms. The summed E-state index contributed by atoms with van der Waals surface area (Å²) in [4.78, 5) is 26.8.